The van der Waals surface area contributed by atoms with E-state index in [4.69, 9.17) is 14.7 Å². The quantitative estimate of drug-likeness (QED) is 0.128. The number of fused-ring (bicyclic) bond motifs is 3. The summed E-state index contributed by atoms with van der Waals surface area (Å²) in [6, 6.07) is 50.2. The van der Waals surface area contributed by atoms with Gasteiger partial charge in [-0.3, -0.25) is 0 Å². The Hall–Kier alpha value is -5.13. The van der Waals surface area contributed by atoms with E-state index in [0.717, 1.165) is 45.9 Å². The fourth-order valence-corrected chi connectivity index (χ4v) is 8.00. The Morgan fingerprint density at radius 1 is 0.604 bits per heavy atom. The maximum atomic E-state index is 6.48. The van der Waals surface area contributed by atoms with Gasteiger partial charge in [-0.2, -0.15) is 0 Å². The van der Waals surface area contributed by atoms with Crippen molar-refractivity contribution in [3.05, 3.63) is 165 Å². The number of rotatable bonds is 6. The molecule has 0 saturated carbocycles. The average molecular weight is 868 g/mol. The van der Waals surface area contributed by atoms with Gasteiger partial charge in [-0.15, -0.1) is 0 Å². The van der Waals surface area contributed by atoms with Gasteiger partial charge in [0.15, 0.2) is 0 Å². The van der Waals surface area contributed by atoms with Crippen molar-refractivity contribution in [3.8, 4) is 17.2 Å². The molecular formula is C39H25N6OPtSe-3. The van der Waals surface area contributed by atoms with E-state index in [0.29, 0.717) is 11.5 Å². The topological polar surface area (TPSA) is 49.7 Å². The molecule has 0 amide bonds. The molecule has 9 heteroatoms. The summed E-state index contributed by atoms with van der Waals surface area (Å²) in [5.74, 6) is 2.78. The molecule has 7 aromatic rings. The third-order valence-corrected chi connectivity index (χ3v) is 10.3. The molecule has 2 aromatic heterocycles. The molecule has 7 nitrogen and oxygen atoms in total. The Kier molecular flexibility index (Phi) is 8.07. The van der Waals surface area contributed by atoms with Gasteiger partial charge in [-0.25, -0.2) is 0 Å². The van der Waals surface area contributed by atoms with Crippen molar-refractivity contribution < 1.29 is 25.8 Å². The molecule has 236 valence electrons. The zero-order valence-electron chi connectivity index (χ0n) is 25.2. The van der Waals surface area contributed by atoms with E-state index in [1.165, 1.54) is 8.92 Å². The average Bonchev–Trinajstić information content (AvgIpc) is 3.77. The summed E-state index contributed by atoms with van der Waals surface area (Å²) in [5.41, 5.74) is 6.04. The number of hydrogen-bond donors (Lipinski definition) is 0. The van der Waals surface area contributed by atoms with Crippen molar-refractivity contribution in [2.75, 3.05) is 14.7 Å². The normalized spacial score (nSPS) is 13.0. The van der Waals surface area contributed by atoms with Crippen LogP contribution in [0.1, 0.15) is 0 Å². The molecule has 4 heterocycles. The number of ether oxygens (including phenoxy) is 1. The van der Waals surface area contributed by atoms with Crippen LogP contribution in [0.4, 0.5) is 40.2 Å². The van der Waals surface area contributed by atoms with Crippen LogP contribution in [0.15, 0.2) is 146 Å². The number of benzene rings is 5. The summed E-state index contributed by atoms with van der Waals surface area (Å²) in [5, 5.41) is 0. The van der Waals surface area contributed by atoms with Crippen molar-refractivity contribution in [2.24, 2.45) is 0 Å². The van der Waals surface area contributed by atoms with Crippen molar-refractivity contribution in [3.63, 3.8) is 0 Å². The maximum absolute atomic E-state index is 6.48. The number of imidazole rings is 1. The number of aromatic nitrogens is 3. The van der Waals surface area contributed by atoms with E-state index in [9.17, 15) is 0 Å². The van der Waals surface area contributed by atoms with Gasteiger partial charge in [0.1, 0.15) is 0 Å². The van der Waals surface area contributed by atoms with Gasteiger partial charge in [0, 0.05) is 21.1 Å². The second kappa shape index (κ2) is 12.8. The molecule has 5 aromatic carbocycles. The van der Waals surface area contributed by atoms with Gasteiger partial charge in [-0.1, -0.05) is 24.3 Å². The van der Waals surface area contributed by atoms with E-state index < -0.39 is 0 Å². The van der Waals surface area contributed by atoms with Gasteiger partial charge < -0.3 is 0 Å². The summed E-state index contributed by atoms with van der Waals surface area (Å²) >= 11 is 0.0459. The van der Waals surface area contributed by atoms with Crippen LogP contribution in [0.2, 0.25) is 0 Å². The first-order valence-corrected chi connectivity index (χ1v) is 16.9. The monoisotopic (exact) mass is 868 g/mol. The summed E-state index contributed by atoms with van der Waals surface area (Å²) in [6.45, 7) is 2.10. The molecule has 2 aliphatic rings. The molecule has 0 spiro atoms. The first-order valence-electron chi connectivity index (χ1n) is 15.2. The Balaban J connectivity index is 0.00000336. The van der Waals surface area contributed by atoms with Crippen LogP contribution in [0.25, 0.3) is 5.69 Å². The second-order valence-electron chi connectivity index (χ2n) is 10.9. The molecule has 0 saturated heterocycles. The molecule has 0 aliphatic carbocycles. The van der Waals surface area contributed by atoms with Crippen LogP contribution in [0, 0.1) is 18.8 Å². The molecule has 0 N–H and O–H groups in total. The van der Waals surface area contributed by atoms with Gasteiger partial charge in [0.05, 0.1) is 0 Å². The fraction of sp³-hybridized carbons (Fsp3) is 0. The van der Waals surface area contributed by atoms with Crippen molar-refractivity contribution in [2.45, 2.75) is 0 Å². The van der Waals surface area contributed by atoms with Crippen LogP contribution in [0.3, 0.4) is 0 Å². The van der Waals surface area contributed by atoms with Crippen LogP contribution in [-0.2, 0) is 21.1 Å². The molecular weight excluding hydrogens is 843 g/mol. The predicted octanol–water partition coefficient (Wildman–Crippen LogP) is 7.50. The standard InChI is InChI=1S/C39H25N6OSe.Pt/c1-3-11-28(12-4-1)42-24-23-41-39(42)45-35-26-32(20-21-36(35)47-37-19-10-22-40-38(37)45)46-31-16-9-15-30(25-31)44-27-43(29-13-5-2-6-14-29)33-17-7-8-18-34(33)44;/h1-24,27H;/q-3;. The number of para-hydroxylation sites is 4. The molecule has 0 fully saturated rings. The third kappa shape index (κ3) is 5.38. The SMILES string of the molecule is [Pt].[c-]1c(Oc2[c-]c3c(cc2)[Se]c2cccnc2N3c2nccn2-c2ccccc2)cccc1N1[CH-]N(c2ccccc2)c2ccccc21. The minimum atomic E-state index is 0. The Morgan fingerprint density at radius 3 is 2.15 bits per heavy atom. The van der Waals surface area contributed by atoms with Crippen molar-refractivity contribution in [1.82, 2.24) is 14.5 Å². The Morgan fingerprint density at radius 2 is 1.33 bits per heavy atom. The molecule has 9 rings (SSSR count). The molecule has 0 unspecified atom stereocenters. The summed E-state index contributed by atoms with van der Waals surface area (Å²) < 4.78 is 10.9. The zero-order chi connectivity index (χ0) is 31.2. The van der Waals surface area contributed by atoms with Gasteiger partial charge >= 0.3 is 244 Å². The second-order valence-corrected chi connectivity index (χ2v) is 13.2. The van der Waals surface area contributed by atoms with E-state index in [-0.39, 0.29) is 36.0 Å². The third-order valence-electron chi connectivity index (χ3n) is 8.02. The number of nitrogens with zero attached hydrogens (tertiary/aromatic N) is 6. The van der Waals surface area contributed by atoms with Crippen molar-refractivity contribution >= 4 is 64.1 Å². The van der Waals surface area contributed by atoms with Gasteiger partial charge in [0.2, 0.25) is 0 Å². The van der Waals surface area contributed by atoms with Crippen LogP contribution in [-0.4, -0.2) is 29.5 Å². The summed E-state index contributed by atoms with van der Waals surface area (Å²) in [7, 11) is 0. The first-order chi connectivity index (χ1) is 23.3. The molecule has 48 heavy (non-hydrogen) atoms. The van der Waals surface area contributed by atoms with Gasteiger partial charge in [0.25, 0.3) is 0 Å². The summed E-state index contributed by atoms with van der Waals surface area (Å²) in [6.07, 6.45) is 5.62. The molecule has 2 aliphatic heterocycles. The van der Waals surface area contributed by atoms with Crippen LogP contribution >= 0.6 is 0 Å². The first kappa shape index (κ1) is 30.2. The van der Waals surface area contributed by atoms with Crippen LogP contribution < -0.4 is 28.4 Å². The van der Waals surface area contributed by atoms with E-state index in [1.807, 2.05) is 73.2 Å². The minimum absolute atomic E-state index is 0. The van der Waals surface area contributed by atoms with Crippen LogP contribution in [0.5, 0.6) is 11.5 Å². The van der Waals surface area contributed by atoms with E-state index in [2.05, 4.69) is 111 Å². The number of hydrogen-bond acceptors (Lipinski definition) is 6. The zero-order valence-corrected chi connectivity index (χ0v) is 29.2. The number of pyridine rings is 1. The molecule has 0 radical (unpaired) electrons. The summed E-state index contributed by atoms with van der Waals surface area (Å²) in [4.78, 5) is 16.0. The van der Waals surface area contributed by atoms with Gasteiger partial charge in [-0.05, 0) is 12.1 Å². The Bertz CT molecular complexity index is 2230. The fourth-order valence-electron chi connectivity index (χ4n) is 5.91. The molecule has 0 bridgehead atoms. The Labute approximate surface area is 299 Å². The van der Waals surface area contributed by atoms with E-state index >= 15 is 0 Å². The van der Waals surface area contributed by atoms with E-state index in [1.54, 1.807) is 0 Å². The predicted molar refractivity (Wildman–Crippen MR) is 187 cm³/mol. The molecule has 0 atom stereocenters. The number of anilines is 7. The van der Waals surface area contributed by atoms with Crippen molar-refractivity contribution in [1.29, 1.82) is 0 Å².